The van der Waals surface area contributed by atoms with Crippen molar-refractivity contribution in [1.82, 2.24) is 4.98 Å². The first kappa shape index (κ1) is 11.5. The second-order valence-corrected chi connectivity index (χ2v) is 2.79. The van der Waals surface area contributed by atoms with Crippen molar-refractivity contribution >= 4 is 0 Å². The van der Waals surface area contributed by atoms with Crippen molar-refractivity contribution in [2.75, 3.05) is 0 Å². The Morgan fingerprint density at radius 3 is 2.60 bits per heavy atom. The number of alkyl halides is 2. The maximum Gasteiger partial charge on any atom is 0.280 e. The minimum atomic E-state index is -2.79. The van der Waals surface area contributed by atoms with Crippen LogP contribution in [0.15, 0.2) is 6.20 Å². The van der Waals surface area contributed by atoms with Crippen molar-refractivity contribution in [1.29, 1.82) is 5.26 Å². The molecule has 0 unspecified atom stereocenters. The average molecular weight is 213 g/mol. The lowest BCUT2D eigenvalue weighted by atomic mass is 10.0. The highest BCUT2D eigenvalue weighted by Gasteiger charge is 2.19. The van der Waals surface area contributed by atoms with Crippen LogP contribution in [0.3, 0.4) is 0 Å². The van der Waals surface area contributed by atoms with Crippen LogP contribution in [0.5, 0.6) is 0 Å². The molecule has 0 bridgehead atoms. The van der Waals surface area contributed by atoms with Gasteiger partial charge in [-0.25, -0.2) is 8.78 Å². The largest absolute Gasteiger partial charge is 0.392 e. The van der Waals surface area contributed by atoms with Gasteiger partial charge in [-0.1, -0.05) is 0 Å². The van der Waals surface area contributed by atoms with Crippen molar-refractivity contribution < 1.29 is 13.9 Å². The summed E-state index contributed by atoms with van der Waals surface area (Å²) < 4.78 is 24.9. The maximum absolute atomic E-state index is 12.5. The van der Waals surface area contributed by atoms with Crippen LogP contribution in [0.1, 0.15) is 28.8 Å². The van der Waals surface area contributed by atoms with Gasteiger partial charge in [0.15, 0.2) is 0 Å². The van der Waals surface area contributed by atoms with Crippen molar-refractivity contribution in [2.24, 2.45) is 5.73 Å². The van der Waals surface area contributed by atoms with E-state index >= 15 is 0 Å². The summed E-state index contributed by atoms with van der Waals surface area (Å²) in [7, 11) is 0. The molecule has 0 saturated heterocycles. The third-order valence-corrected chi connectivity index (χ3v) is 2.02. The molecule has 0 saturated carbocycles. The lowest BCUT2D eigenvalue weighted by Gasteiger charge is -2.11. The molecule has 1 aromatic rings. The molecule has 0 aliphatic carbocycles. The monoisotopic (exact) mass is 213 g/mol. The van der Waals surface area contributed by atoms with E-state index in [9.17, 15) is 8.78 Å². The fourth-order valence-electron chi connectivity index (χ4n) is 1.30. The lowest BCUT2D eigenvalue weighted by molar-refractivity contribution is 0.141. The molecule has 1 aromatic heterocycles. The Bertz CT molecular complexity index is 401. The molecular formula is C9H9F2N3O. The van der Waals surface area contributed by atoms with Gasteiger partial charge < -0.3 is 10.8 Å². The van der Waals surface area contributed by atoms with Crippen LogP contribution in [0.4, 0.5) is 8.78 Å². The molecule has 80 valence electrons. The van der Waals surface area contributed by atoms with Crippen molar-refractivity contribution in [3.05, 3.63) is 28.6 Å². The van der Waals surface area contributed by atoms with E-state index in [0.717, 1.165) is 6.20 Å². The second kappa shape index (κ2) is 4.77. The molecule has 0 fully saturated rings. The second-order valence-electron chi connectivity index (χ2n) is 2.79. The van der Waals surface area contributed by atoms with Crippen molar-refractivity contribution in [2.45, 2.75) is 19.6 Å². The third kappa shape index (κ3) is 2.09. The molecule has 0 spiro atoms. The Morgan fingerprint density at radius 1 is 1.53 bits per heavy atom. The zero-order chi connectivity index (χ0) is 11.4. The van der Waals surface area contributed by atoms with Crippen LogP contribution in [0.25, 0.3) is 0 Å². The topological polar surface area (TPSA) is 82.9 Å². The van der Waals surface area contributed by atoms with Crippen molar-refractivity contribution in [3.8, 4) is 6.07 Å². The van der Waals surface area contributed by atoms with Crippen LogP contribution >= 0.6 is 0 Å². The number of hydrogen-bond donors (Lipinski definition) is 2. The number of nitriles is 1. The van der Waals surface area contributed by atoms with E-state index in [1.165, 1.54) is 0 Å². The third-order valence-electron chi connectivity index (χ3n) is 2.02. The SMILES string of the molecule is N#Cc1cnc(C(F)F)c(CO)c1CN. The van der Waals surface area contributed by atoms with Crippen molar-refractivity contribution in [3.63, 3.8) is 0 Å². The number of aliphatic hydroxyl groups excluding tert-OH is 1. The summed E-state index contributed by atoms with van der Waals surface area (Å²) in [6, 6.07) is 1.79. The predicted octanol–water partition coefficient (Wildman–Crippen LogP) is 0.842. The fourth-order valence-corrected chi connectivity index (χ4v) is 1.30. The summed E-state index contributed by atoms with van der Waals surface area (Å²) in [5.41, 5.74) is 5.11. The van der Waals surface area contributed by atoms with E-state index in [4.69, 9.17) is 16.1 Å². The number of aliphatic hydroxyl groups is 1. The van der Waals surface area contributed by atoms with Gasteiger partial charge in [0, 0.05) is 18.3 Å². The Hall–Kier alpha value is -1.58. The Labute approximate surface area is 85.0 Å². The zero-order valence-corrected chi connectivity index (χ0v) is 7.74. The highest BCUT2D eigenvalue weighted by Crippen LogP contribution is 2.25. The molecule has 1 heterocycles. The minimum absolute atomic E-state index is 0.0495. The Morgan fingerprint density at radius 2 is 2.20 bits per heavy atom. The normalized spacial score (nSPS) is 10.4. The Kier molecular flexibility index (Phi) is 3.66. The molecule has 1 rings (SSSR count). The van der Waals surface area contributed by atoms with Gasteiger partial charge in [0.25, 0.3) is 6.43 Å². The van der Waals surface area contributed by atoms with Gasteiger partial charge in [-0.05, 0) is 5.56 Å². The molecule has 15 heavy (non-hydrogen) atoms. The summed E-state index contributed by atoms with van der Waals surface area (Å²) in [4.78, 5) is 3.44. The van der Waals surface area contributed by atoms with E-state index in [0.29, 0.717) is 0 Å². The molecule has 0 atom stereocenters. The molecule has 0 aliphatic heterocycles. The molecule has 0 aromatic carbocycles. The summed E-state index contributed by atoms with van der Waals surface area (Å²) in [5, 5.41) is 17.6. The summed E-state index contributed by atoms with van der Waals surface area (Å²) in [5.74, 6) is 0. The minimum Gasteiger partial charge on any atom is -0.392 e. The van der Waals surface area contributed by atoms with Crippen LogP contribution in [0, 0.1) is 11.3 Å². The van der Waals surface area contributed by atoms with Crippen LogP contribution in [0.2, 0.25) is 0 Å². The molecule has 0 aliphatic rings. The van der Waals surface area contributed by atoms with E-state index in [1.807, 2.05) is 0 Å². The van der Waals surface area contributed by atoms with Gasteiger partial charge >= 0.3 is 0 Å². The summed E-state index contributed by atoms with van der Waals surface area (Å²) in [6.07, 6.45) is -1.74. The highest BCUT2D eigenvalue weighted by molar-refractivity contribution is 5.43. The van der Waals surface area contributed by atoms with Gasteiger partial charge in [0.05, 0.1) is 12.2 Å². The molecule has 0 amide bonds. The quantitative estimate of drug-likeness (QED) is 0.779. The van der Waals surface area contributed by atoms with Crippen LogP contribution in [-0.4, -0.2) is 10.1 Å². The van der Waals surface area contributed by atoms with Crippen LogP contribution < -0.4 is 5.73 Å². The smallest absolute Gasteiger partial charge is 0.280 e. The van der Waals surface area contributed by atoms with Gasteiger partial charge in [-0.2, -0.15) is 5.26 Å². The summed E-state index contributed by atoms with van der Waals surface area (Å²) >= 11 is 0. The highest BCUT2D eigenvalue weighted by atomic mass is 19.3. The van der Waals surface area contributed by atoms with E-state index in [2.05, 4.69) is 4.98 Å². The number of halogens is 2. The number of nitrogens with two attached hydrogens (primary N) is 1. The molecule has 0 radical (unpaired) electrons. The van der Waals surface area contributed by atoms with Gasteiger partial charge in [0.2, 0.25) is 0 Å². The molecule has 3 N–H and O–H groups in total. The van der Waals surface area contributed by atoms with E-state index < -0.39 is 18.7 Å². The number of nitrogens with zero attached hydrogens (tertiary/aromatic N) is 2. The van der Waals surface area contributed by atoms with Gasteiger partial charge in [-0.15, -0.1) is 0 Å². The number of hydrogen-bond acceptors (Lipinski definition) is 4. The van der Waals surface area contributed by atoms with E-state index in [-0.39, 0.29) is 23.2 Å². The predicted molar refractivity (Wildman–Crippen MR) is 47.7 cm³/mol. The zero-order valence-electron chi connectivity index (χ0n) is 7.74. The molecular weight excluding hydrogens is 204 g/mol. The van der Waals surface area contributed by atoms with Gasteiger partial charge in [-0.3, -0.25) is 4.98 Å². The average Bonchev–Trinajstić information content (AvgIpc) is 2.26. The first-order valence-corrected chi connectivity index (χ1v) is 4.15. The first-order valence-electron chi connectivity index (χ1n) is 4.15. The lowest BCUT2D eigenvalue weighted by Crippen LogP contribution is -2.10. The number of pyridine rings is 1. The van der Waals surface area contributed by atoms with Crippen LogP contribution in [-0.2, 0) is 13.2 Å². The fraction of sp³-hybridized carbons (Fsp3) is 0.333. The Balaban J connectivity index is 3.42. The standard InChI is InChI=1S/C9H9F2N3O/c10-9(11)8-7(4-15)6(2-13)5(1-12)3-14-8/h3,9,15H,2,4,13H2. The number of aromatic nitrogens is 1. The number of rotatable bonds is 3. The molecule has 4 nitrogen and oxygen atoms in total. The first-order chi connectivity index (χ1) is 7.15. The molecule has 6 heteroatoms. The maximum atomic E-state index is 12.5. The van der Waals surface area contributed by atoms with Gasteiger partial charge in [0.1, 0.15) is 11.8 Å². The summed E-state index contributed by atoms with van der Waals surface area (Å²) in [6.45, 7) is -0.685. The van der Waals surface area contributed by atoms with E-state index in [1.54, 1.807) is 6.07 Å².